The predicted octanol–water partition coefficient (Wildman–Crippen LogP) is 4.01. The first-order chi connectivity index (χ1) is 13.5. The number of halogens is 1. The highest BCUT2D eigenvalue weighted by Crippen LogP contribution is 2.31. The van der Waals surface area contributed by atoms with Crippen molar-refractivity contribution in [3.63, 3.8) is 0 Å². The van der Waals surface area contributed by atoms with Gasteiger partial charge in [-0.05, 0) is 49.2 Å². The highest BCUT2D eigenvalue weighted by molar-refractivity contribution is 6.31. The average molecular weight is 398 g/mol. The molecule has 2 N–H and O–H groups in total. The van der Waals surface area contributed by atoms with Crippen LogP contribution in [0.5, 0.6) is 5.75 Å². The van der Waals surface area contributed by atoms with Gasteiger partial charge in [-0.15, -0.1) is 0 Å². The fourth-order valence-corrected chi connectivity index (χ4v) is 2.72. The minimum absolute atomic E-state index is 0.249. The van der Waals surface area contributed by atoms with E-state index in [-0.39, 0.29) is 11.6 Å². The Bertz CT molecular complexity index is 995. The molecule has 144 valence electrons. The molecule has 1 amide bonds. The van der Waals surface area contributed by atoms with E-state index in [1.165, 1.54) is 7.11 Å². The number of hydrogen-bond acceptors (Lipinski definition) is 6. The smallest absolute Gasteiger partial charge is 0.274 e. The van der Waals surface area contributed by atoms with Crippen molar-refractivity contribution < 1.29 is 9.53 Å². The van der Waals surface area contributed by atoms with Gasteiger partial charge >= 0.3 is 0 Å². The summed E-state index contributed by atoms with van der Waals surface area (Å²) >= 11 is 6.12. The molecule has 0 aliphatic heterocycles. The van der Waals surface area contributed by atoms with Gasteiger partial charge in [-0.1, -0.05) is 11.6 Å². The third-order valence-corrected chi connectivity index (χ3v) is 4.42. The van der Waals surface area contributed by atoms with Crippen molar-refractivity contribution in [3.05, 3.63) is 70.3 Å². The van der Waals surface area contributed by atoms with Crippen LogP contribution in [0.1, 0.15) is 27.3 Å². The van der Waals surface area contributed by atoms with Crippen LogP contribution in [0, 0.1) is 13.8 Å². The zero-order valence-electron chi connectivity index (χ0n) is 15.8. The molecule has 0 aliphatic carbocycles. The van der Waals surface area contributed by atoms with Crippen molar-refractivity contribution in [1.82, 2.24) is 15.0 Å². The minimum atomic E-state index is -0.363. The van der Waals surface area contributed by atoms with Gasteiger partial charge in [0.1, 0.15) is 11.4 Å². The first-order valence-corrected chi connectivity index (χ1v) is 8.98. The molecule has 0 atom stereocenters. The van der Waals surface area contributed by atoms with E-state index < -0.39 is 0 Å². The Labute approximate surface area is 168 Å². The van der Waals surface area contributed by atoms with E-state index >= 15 is 0 Å². The molecule has 28 heavy (non-hydrogen) atoms. The van der Waals surface area contributed by atoms with Gasteiger partial charge in [-0.2, -0.15) is 0 Å². The van der Waals surface area contributed by atoms with E-state index in [0.29, 0.717) is 34.6 Å². The zero-order valence-corrected chi connectivity index (χ0v) is 16.5. The Kier molecular flexibility index (Phi) is 6.06. The van der Waals surface area contributed by atoms with Crippen LogP contribution in [0.3, 0.4) is 0 Å². The summed E-state index contributed by atoms with van der Waals surface area (Å²) in [5.41, 5.74) is 3.32. The summed E-state index contributed by atoms with van der Waals surface area (Å²) in [4.78, 5) is 25.4. The van der Waals surface area contributed by atoms with E-state index in [0.717, 1.165) is 11.1 Å². The van der Waals surface area contributed by atoms with Gasteiger partial charge in [0.15, 0.2) is 0 Å². The molecule has 0 unspecified atom stereocenters. The summed E-state index contributed by atoms with van der Waals surface area (Å²) in [7, 11) is 1.52. The number of anilines is 2. The molecule has 2 aromatic heterocycles. The van der Waals surface area contributed by atoms with E-state index in [4.69, 9.17) is 16.3 Å². The average Bonchev–Trinajstić information content (AvgIpc) is 2.69. The molecule has 0 saturated carbocycles. The lowest BCUT2D eigenvalue weighted by atomic mass is 10.2. The van der Waals surface area contributed by atoms with Crippen LogP contribution in [-0.4, -0.2) is 28.0 Å². The maximum atomic E-state index is 12.7. The monoisotopic (exact) mass is 397 g/mol. The standard InChI is InChI=1S/C20H20ClN5O2/c1-12-8-16(18(28-3)10-15(12)21)25-19(27)17-9-13(2)24-20(26-17)23-11-14-4-6-22-7-5-14/h4-10H,11H2,1-3H3,(H,25,27)(H,23,24,26). The topological polar surface area (TPSA) is 89.0 Å². The molecule has 0 saturated heterocycles. The Morgan fingerprint density at radius 2 is 1.89 bits per heavy atom. The molecule has 0 bridgehead atoms. The van der Waals surface area contributed by atoms with Gasteiger partial charge in [0.05, 0.1) is 12.8 Å². The van der Waals surface area contributed by atoms with Gasteiger partial charge in [-0.25, -0.2) is 9.97 Å². The minimum Gasteiger partial charge on any atom is -0.495 e. The highest BCUT2D eigenvalue weighted by atomic mass is 35.5. The Hall–Kier alpha value is -3.19. The molecule has 0 spiro atoms. The Morgan fingerprint density at radius 1 is 1.14 bits per heavy atom. The van der Waals surface area contributed by atoms with Crippen LogP contribution in [0.25, 0.3) is 0 Å². The summed E-state index contributed by atoms with van der Waals surface area (Å²) in [6, 6.07) is 8.84. The third-order valence-electron chi connectivity index (χ3n) is 4.02. The highest BCUT2D eigenvalue weighted by Gasteiger charge is 2.15. The molecule has 2 heterocycles. The summed E-state index contributed by atoms with van der Waals surface area (Å²) in [5, 5.41) is 6.52. The number of aryl methyl sites for hydroxylation is 2. The number of ether oxygens (including phenoxy) is 1. The number of nitrogens with one attached hydrogen (secondary N) is 2. The molecule has 8 heteroatoms. The molecule has 0 radical (unpaired) electrons. The second-order valence-electron chi connectivity index (χ2n) is 6.18. The Morgan fingerprint density at radius 3 is 2.61 bits per heavy atom. The summed E-state index contributed by atoms with van der Waals surface area (Å²) < 4.78 is 5.30. The summed E-state index contributed by atoms with van der Waals surface area (Å²) in [6.07, 6.45) is 3.43. The SMILES string of the molecule is COc1cc(Cl)c(C)cc1NC(=O)c1cc(C)nc(NCc2ccncc2)n1. The lowest BCUT2D eigenvalue weighted by Gasteiger charge is -2.13. The van der Waals surface area contributed by atoms with Gasteiger partial charge in [0, 0.05) is 35.7 Å². The first-order valence-electron chi connectivity index (χ1n) is 8.60. The van der Waals surface area contributed by atoms with Crippen LogP contribution in [0.2, 0.25) is 5.02 Å². The quantitative estimate of drug-likeness (QED) is 0.653. The second-order valence-corrected chi connectivity index (χ2v) is 6.59. The Balaban J connectivity index is 1.79. The van der Waals surface area contributed by atoms with Crippen LogP contribution in [0.15, 0.2) is 42.7 Å². The molecule has 7 nitrogen and oxygen atoms in total. The van der Waals surface area contributed by atoms with Gasteiger partial charge in [-0.3, -0.25) is 9.78 Å². The van der Waals surface area contributed by atoms with Crippen LogP contribution in [0.4, 0.5) is 11.6 Å². The number of benzene rings is 1. The van der Waals surface area contributed by atoms with Gasteiger partial charge < -0.3 is 15.4 Å². The second kappa shape index (κ2) is 8.67. The van der Waals surface area contributed by atoms with Crippen molar-refractivity contribution in [1.29, 1.82) is 0 Å². The molecule has 1 aromatic carbocycles. The zero-order chi connectivity index (χ0) is 20.1. The number of pyridine rings is 1. The normalized spacial score (nSPS) is 10.4. The maximum absolute atomic E-state index is 12.7. The molecular formula is C20H20ClN5O2. The number of rotatable bonds is 6. The van der Waals surface area contributed by atoms with Crippen molar-refractivity contribution in [3.8, 4) is 5.75 Å². The lowest BCUT2D eigenvalue weighted by Crippen LogP contribution is -2.16. The first kappa shape index (κ1) is 19.6. The molecule has 0 fully saturated rings. The summed E-state index contributed by atoms with van der Waals surface area (Å²) in [5.74, 6) is 0.490. The van der Waals surface area contributed by atoms with E-state index in [9.17, 15) is 4.79 Å². The molecular weight excluding hydrogens is 378 g/mol. The third kappa shape index (κ3) is 4.75. The number of amides is 1. The fourth-order valence-electron chi connectivity index (χ4n) is 2.56. The molecule has 3 aromatic rings. The van der Waals surface area contributed by atoms with E-state index in [1.54, 1.807) is 30.6 Å². The number of carbonyl (C=O) groups excluding carboxylic acids is 1. The lowest BCUT2D eigenvalue weighted by molar-refractivity contribution is 0.102. The van der Waals surface area contributed by atoms with Crippen LogP contribution in [-0.2, 0) is 6.54 Å². The van der Waals surface area contributed by atoms with Crippen molar-refractivity contribution in [2.45, 2.75) is 20.4 Å². The number of carbonyl (C=O) groups is 1. The van der Waals surface area contributed by atoms with Crippen LogP contribution < -0.4 is 15.4 Å². The predicted molar refractivity (Wildman–Crippen MR) is 109 cm³/mol. The number of hydrogen-bond donors (Lipinski definition) is 2. The number of nitrogens with zero attached hydrogens (tertiary/aromatic N) is 3. The van der Waals surface area contributed by atoms with E-state index in [1.807, 2.05) is 26.0 Å². The molecule has 0 aliphatic rings. The van der Waals surface area contributed by atoms with Crippen molar-refractivity contribution >= 4 is 29.1 Å². The van der Waals surface area contributed by atoms with Gasteiger partial charge in [0.2, 0.25) is 5.95 Å². The van der Waals surface area contributed by atoms with Crippen LogP contribution >= 0.6 is 11.6 Å². The number of aromatic nitrogens is 3. The molecule has 3 rings (SSSR count). The fraction of sp³-hybridized carbons (Fsp3) is 0.200. The van der Waals surface area contributed by atoms with Crippen molar-refractivity contribution in [2.24, 2.45) is 0 Å². The maximum Gasteiger partial charge on any atom is 0.274 e. The number of methoxy groups -OCH3 is 1. The summed E-state index contributed by atoms with van der Waals surface area (Å²) in [6.45, 7) is 4.19. The van der Waals surface area contributed by atoms with E-state index in [2.05, 4.69) is 25.6 Å². The van der Waals surface area contributed by atoms with Gasteiger partial charge in [0.25, 0.3) is 5.91 Å². The van der Waals surface area contributed by atoms with Crippen molar-refractivity contribution in [2.75, 3.05) is 17.7 Å². The largest absolute Gasteiger partial charge is 0.495 e.